The average Bonchev–Trinajstić information content (AvgIpc) is 2.61. The Kier molecular flexibility index (Phi) is 4.97. The lowest BCUT2D eigenvalue weighted by Crippen LogP contribution is -2.34. The van der Waals surface area contributed by atoms with Crippen molar-refractivity contribution < 1.29 is 9.90 Å². The van der Waals surface area contributed by atoms with Gasteiger partial charge in [-0.2, -0.15) is 0 Å². The molecule has 1 aliphatic carbocycles. The second kappa shape index (κ2) is 6.71. The normalized spacial score (nSPS) is 23.8. The Balaban J connectivity index is 1.99. The molecule has 3 nitrogen and oxygen atoms in total. The van der Waals surface area contributed by atoms with Crippen LogP contribution in [0.1, 0.15) is 54.9 Å². The van der Waals surface area contributed by atoms with Gasteiger partial charge in [-0.25, -0.2) is 4.79 Å². The number of aromatic carboxylic acids is 1. The summed E-state index contributed by atoms with van der Waals surface area (Å²) >= 11 is 0. The molecule has 1 aromatic rings. The minimum Gasteiger partial charge on any atom is -0.478 e. The largest absolute Gasteiger partial charge is 0.478 e. The van der Waals surface area contributed by atoms with Gasteiger partial charge in [-0.1, -0.05) is 44.4 Å². The van der Waals surface area contributed by atoms with E-state index in [4.69, 9.17) is 0 Å². The maximum Gasteiger partial charge on any atom is 0.336 e. The highest BCUT2D eigenvalue weighted by Gasteiger charge is 2.19. The molecule has 2 unspecified atom stereocenters. The Morgan fingerprint density at radius 2 is 2.00 bits per heavy atom. The van der Waals surface area contributed by atoms with Gasteiger partial charge in [-0.05, 0) is 30.4 Å². The first-order valence-corrected chi connectivity index (χ1v) is 7.23. The molecule has 1 fully saturated rings. The van der Waals surface area contributed by atoms with E-state index in [1.807, 2.05) is 12.1 Å². The topological polar surface area (TPSA) is 49.3 Å². The molecular weight excluding hydrogens is 238 g/mol. The number of benzene rings is 1. The first kappa shape index (κ1) is 14.1. The van der Waals surface area contributed by atoms with Crippen LogP contribution in [0.4, 0.5) is 0 Å². The van der Waals surface area contributed by atoms with Gasteiger partial charge in [0.2, 0.25) is 0 Å². The Bertz CT molecular complexity index is 431. The van der Waals surface area contributed by atoms with E-state index in [1.54, 1.807) is 12.1 Å². The quantitative estimate of drug-likeness (QED) is 0.816. The Morgan fingerprint density at radius 1 is 1.26 bits per heavy atom. The SMILES string of the molecule is CC1CCCCCC1NCc1ccccc1C(=O)O. The van der Waals surface area contributed by atoms with Gasteiger partial charge in [0.15, 0.2) is 0 Å². The summed E-state index contributed by atoms with van der Waals surface area (Å²) in [6.45, 7) is 2.95. The fraction of sp³-hybridized carbons (Fsp3) is 0.562. The minimum atomic E-state index is -0.841. The molecule has 2 N–H and O–H groups in total. The summed E-state index contributed by atoms with van der Waals surface area (Å²) in [7, 11) is 0. The van der Waals surface area contributed by atoms with Crippen LogP contribution in [-0.2, 0) is 6.54 Å². The molecule has 0 spiro atoms. The summed E-state index contributed by atoms with van der Waals surface area (Å²) in [6, 6.07) is 7.78. The Morgan fingerprint density at radius 3 is 2.79 bits per heavy atom. The number of carboxylic acid groups (broad SMARTS) is 1. The van der Waals surface area contributed by atoms with Crippen LogP contribution in [0.15, 0.2) is 24.3 Å². The molecule has 1 aliphatic rings. The van der Waals surface area contributed by atoms with Crippen molar-refractivity contribution in [1.82, 2.24) is 5.32 Å². The maximum atomic E-state index is 11.2. The molecule has 3 heteroatoms. The minimum absolute atomic E-state index is 0.413. The summed E-state index contributed by atoms with van der Waals surface area (Å²) in [5.74, 6) is -0.161. The van der Waals surface area contributed by atoms with Gasteiger partial charge in [0.25, 0.3) is 0 Å². The lowest BCUT2D eigenvalue weighted by molar-refractivity contribution is 0.0695. The first-order valence-electron chi connectivity index (χ1n) is 7.23. The number of carboxylic acids is 1. The average molecular weight is 261 g/mol. The van der Waals surface area contributed by atoms with Gasteiger partial charge >= 0.3 is 5.97 Å². The number of rotatable bonds is 4. The fourth-order valence-corrected chi connectivity index (χ4v) is 2.92. The van der Waals surface area contributed by atoms with E-state index >= 15 is 0 Å². The fourth-order valence-electron chi connectivity index (χ4n) is 2.92. The number of carbonyl (C=O) groups is 1. The van der Waals surface area contributed by atoms with Crippen molar-refractivity contribution in [3.05, 3.63) is 35.4 Å². The maximum absolute atomic E-state index is 11.2. The molecule has 2 atom stereocenters. The van der Waals surface area contributed by atoms with E-state index in [1.165, 1.54) is 32.1 Å². The smallest absolute Gasteiger partial charge is 0.336 e. The Hall–Kier alpha value is -1.35. The van der Waals surface area contributed by atoms with E-state index in [0.29, 0.717) is 24.1 Å². The highest BCUT2D eigenvalue weighted by atomic mass is 16.4. The molecule has 19 heavy (non-hydrogen) atoms. The van der Waals surface area contributed by atoms with Crippen molar-refractivity contribution >= 4 is 5.97 Å². The van der Waals surface area contributed by atoms with Crippen LogP contribution in [0.2, 0.25) is 0 Å². The second-order valence-corrected chi connectivity index (χ2v) is 5.56. The number of hydrogen-bond donors (Lipinski definition) is 2. The standard InChI is InChI=1S/C16H23NO2/c1-12-7-3-2-4-10-15(12)17-11-13-8-5-6-9-14(13)16(18)19/h5-6,8-9,12,15,17H,2-4,7,10-11H2,1H3,(H,18,19). The highest BCUT2D eigenvalue weighted by molar-refractivity contribution is 5.89. The van der Waals surface area contributed by atoms with Gasteiger partial charge in [-0.15, -0.1) is 0 Å². The van der Waals surface area contributed by atoms with Crippen molar-refractivity contribution in [2.24, 2.45) is 5.92 Å². The molecular formula is C16H23NO2. The molecule has 0 saturated heterocycles. The zero-order chi connectivity index (χ0) is 13.7. The third-order valence-electron chi connectivity index (χ3n) is 4.16. The lowest BCUT2D eigenvalue weighted by atomic mass is 9.96. The second-order valence-electron chi connectivity index (χ2n) is 5.56. The number of hydrogen-bond acceptors (Lipinski definition) is 2. The molecule has 0 aliphatic heterocycles. The van der Waals surface area contributed by atoms with Gasteiger partial charge in [0, 0.05) is 12.6 Å². The Labute approximate surface area is 115 Å². The molecule has 1 aromatic carbocycles. The van der Waals surface area contributed by atoms with E-state index in [-0.39, 0.29) is 0 Å². The first-order chi connectivity index (χ1) is 9.18. The van der Waals surface area contributed by atoms with Crippen molar-refractivity contribution in [1.29, 1.82) is 0 Å². The summed E-state index contributed by atoms with van der Waals surface area (Å²) in [5, 5.41) is 12.7. The van der Waals surface area contributed by atoms with Crippen LogP contribution in [0.3, 0.4) is 0 Å². The van der Waals surface area contributed by atoms with Crippen molar-refractivity contribution in [3.8, 4) is 0 Å². The van der Waals surface area contributed by atoms with Crippen molar-refractivity contribution in [2.45, 2.75) is 51.6 Å². The molecule has 104 valence electrons. The zero-order valence-corrected chi connectivity index (χ0v) is 11.6. The van der Waals surface area contributed by atoms with Gasteiger partial charge in [0.05, 0.1) is 5.56 Å². The third kappa shape index (κ3) is 3.80. The van der Waals surface area contributed by atoms with E-state index < -0.39 is 5.97 Å². The molecule has 0 bridgehead atoms. The van der Waals surface area contributed by atoms with E-state index in [0.717, 1.165) is 5.56 Å². The van der Waals surface area contributed by atoms with Gasteiger partial charge < -0.3 is 10.4 Å². The predicted molar refractivity (Wildman–Crippen MR) is 76.3 cm³/mol. The molecule has 0 heterocycles. The summed E-state index contributed by atoms with van der Waals surface area (Å²) in [6.07, 6.45) is 6.41. The van der Waals surface area contributed by atoms with Crippen LogP contribution < -0.4 is 5.32 Å². The molecule has 2 rings (SSSR count). The van der Waals surface area contributed by atoms with Gasteiger partial charge in [-0.3, -0.25) is 0 Å². The molecule has 0 radical (unpaired) electrons. The predicted octanol–water partition coefficient (Wildman–Crippen LogP) is 3.44. The van der Waals surface area contributed by atoms with Crippen molar-refractivity contribution in [2.75, 3.05) is 0 Å². The van der Waals surface area contributed by atoms with Crippen LogP contribution in [0, 0.1) is 5.92 Å². The van der Waals surface area contributed by atoms with E-state index in [9.17, 15) is 9.90 Å². The summed E-state index contributed by atoms with van der Waals surface area (Å²) in [5.41, 5.74) is 1.29. The van der Waals surface area contributed by atoms with Crippen LogP contribution in [0.5, 0.6) is 0 Å². The van der Waals surface area contributed by atoms with Crippen molar-refractivity contribution in [3.63, 3.8) is 0 Å². The third-order valence-corrected chi connectivity index (χ3v) is 4.16. The lowest BCUT2D eigenvalue weighted by Gasteiger charge is -2.23. The van der Waals surface area contributed by atoms with Gasteiger partial charge in [0.1, 0.15) is 0 Å². The molecule has 1 saturated carbocycles. The zero-order valence-electron chi connectivity index (χ0n) is 11.6. The molecule has 0 aromatic heterocycles. The van der Waals surface area contributed by atoms with Crippen LogP contribution in [-0.4, -0.2) is 17.1 Å². The summed E-state index contributed by atoms with van der Waals surface area (Å²) in [4.78, 5) is 11.2. The van der Waals surface area contributed by atoms with E-state index in [2.05, 4.69) is 12.2 Å². The van der Waals surface area contributed by atoms with Crippen LogP contribution >= 0.6 is 0 Å². The monoisotopic (exact) mass is 261 g/mol. The van der Waals surface area contributed by atoms with Crippen LogP contribution in [0.25, 0.3) is 0 Å². The summed E-state index contributed by atoms with van der Waals surface area (Å²) < 4.78 is 0. The highest BCUT2D eigenvalue weighted by Crippen LogP contribution is 2.23. The number of nitrogens with one attached hydrogen (secondary N) is 1. The molecule has 0 amide bonds.